The molecule has 0 aromatic heterocycles. The lowest BCUT2D eigenvalue weighted by atomic mass is 10.2. The predicted molar refractivity (Wildman–Crippen MR) is 72.9 cm³/mol. The van der Waals surface area contributed by atoms with Crippen molar-refractivity contribution in [2.24, 2.45) is 0 Å². The van der Waals surface area contributed by atoms with Gasteiger partial charge in [-0.2, -0.15) is 0 Å². The van der Waals surface area contributed by atoms with Gasteiger partial charge in [-0.05, 0) is 31.9 Å². The SMILES string of the molecule is CCOC(=O)/C=C/CCCC#Cc1ccccc1. The Morgan fingerprint density at radius 1 is 1.33 bits per heavy atom. The zero-order valence-electron chi connectivity index (χ0n) is 10.7. The molecule has 2 nitrogen and oxygen atoms in total. The summed E-state index contributed by atoms with van der Waals surface area (Å²) < 4.78 is 4.77. The number of carbonyl (C=O) groups is 1. The Kier molecular flexibility index (Phi) is 7.08. The number of hydrogen-bond donors (Lipinski definition) is 0. The lowest BCUT2D eigenvalue weighted by Gasteiger charge is -1.94. The standard InChI is InChI=1S/C16H18O2/c1-2-18-16(17)14-10-5-3-4-7-11-15-12-8-6-9-13-15/h6,8-10,12-14H,2-5H2,1H3/b14-10+. The van der Waals surface area contributed by atoms with Gasteiger partial charge in [0.15, 0.2) is 0 Å². The van der Waals surface area contributed by atoms with Crippen LogP contribution < -0.4 is 0 Å². The molecular weight excluding hydrogens is 224 g/mol. The summed E-state index contributed by atoms with van der Waals surface area (Å²) in [5.41, 5.74) is 1.04. The van der Waals surface area contributed by atoms with Gasteiger partial charge in [-0.1, -0.05) is 36.1 Å². The van der Waals surface area contributed by atoms with Crippen LogP contribution >= 0.6 is 0 Å². The highest BCUT2D eigenvalue weighted by Gasteiger charge is 1.91. The Morgan fingerprint density at radius 3 is 2.83 bits per heavy atom. The monoisotopic (exact) mass is 242 g/mol. The molecule has 0 aliphatic rings. The van der Waals surface area contributed by atoms with E-state index in [4.69, 9.17) is 4.74 Å². The van der Waals surface area contributed by atoms with Crippen molar-refractivity contribution in [2.45, 2.75) is 26.2 Å². The molecule has 18 heavy (non-hydrogen) atoms. The van der Waals surface area contributed by atoms with E-state index in [1.165, 1.54) is 6.08 Å². The molecule has 0 radical (unpaired) electrons. The number of unbranched alkanes of at least 4 members (excludes halogenated alkanes) is 2. The topological polar surface area (TPSA) is 26.3 Å². The average Bonchev–Trinajstić information content (AvgIpc) is 2.39. The molecule has 0 saturated carbocycles. The van der Waals surface area contributed by atoms with Crippen molar-refractivity contribution in [1.29, 1.82) is 0 Å². The second-order valence-electron chi connectivity index (χ2n) is 3.71. The number of carbonyl (C=O) groups excluding carboxylic acids is 1. The normalized spacial score (nSPS) is 9.83. The van der Waals surface area contributed by atoms with Gasteiger partial charge >= 0.3 is 5.97 Å². The largest absolute Gasteiger partial charge is 0.463 e. The van der Waals surface area contributed by atoms with Crippen LogP contribution in [-0.2, 0) is 9.53 Å². The second kappa shape index (κ2) is 9.07. The molecule has 0 bridgehead atoms. The van der Waals surface area contributed by atoms with Gasteiger partial charge in [0, 0.05) is 18.1 Å². The van der Waals surface area contributed by atoms with E-state index < -0.39 is 0 Å². The molecule has 0 aliphatic carbocycles. The van der Waals surface area contributed by atoms with Gasteiger partial charge in [0.25, 0.3) is 0 Å². The first kappa shape index (κ1) is 14.1. The quantitative estimate of drug-likeness (QED) is 0.342. The van der Waals surface area contributed by atoms with E-state index in [-0.39, 0.29) is 5.97 Å². The van der Waals surface area contributed by atoms with Crippen molar-refractivity contribution in [3.63, 3.8) is 0 Å². The van der Waals surface area contributed by atoms with Crippen LogP contribution in [0.3, 0.4) is 0 Å². The summed E-state index contributed by atoms with van der Waals surface area (Å²) in [6.07, 6.45) is 5.95. The number of ether oxygens (including phenoxy) is 1. The highest BCUT2D eigenvalue weighted by molar-refractivity contribution is 5.81. The van der Waals surface area contributed by atoms with E-state index in [2.05, 4.69) is 11.8 Å². The van der Waals surface area contributed by atoms with Crippen LogP contribution in [0.25, 0.3) is 0 Å². The highest BCUT2D eigenvalue weighted by atomic mass is 16.5. The van der Waals surface area contributed by atoms with E-state index in [0.717, 1.165) is 24.8 Å². The first-order valence-corrected chi connectivity index (χ1v) is 6.20. The van der Waals surface area contributed by atoms with Crippen LogP contribution in [-0.4, -0.2) is 12.6 Å². The van der Waals surface area contributed by atoms with Gasteiger partial charge in [0.05, 0.1) is 6.61 Å². The summed E-state index contributed by atoms with van der Waals surface area (Å²) in [4.78, 5) is 11.0. The van der Waals surface area contributed by atoms with Crippen LogP contribution in [0.1, 0.15) is 31.7 Å². The minimum absolute atomic E-state index is 0.270. The van der Waals surface area contributed by atoms with Crippen molar-refractivity contribution in [3.05, 3.63) is 48.0 Å². The minimum Gasteiger partial charge on any atom is -0.463 e. The maximum absolute atomic E-state index is 11.0. The summed E-state index contributed by atoms with van der Waals surface area (Å²) >= 11 is 0. The molecular formula is C16H18O2. The van der Waals surface area contributed by atoms with Gasteiger partial charge in [0.1, 0.15) is 0 Å². The third-order valence-electron chi connectivity index (χ3n) is 2.22. The molecule has 0 amide bonds. The Balaban J connectivity index is 2.16. The van der Waals surface area contributed by atoms with Crippen molar-refractivity contribution < 1.29 is 9.53 Å². The zero-order valence-corrected chi connectivity index (χ0v) is 10.7. The molecule has 94 valence electrons. The van der Waals surface area contributed by atoms with Gasteiger partial charge in [-0.25, -0.2) is 4.79 Å². The van der Waals surface area contributed by atoms with Gasteiger partial charge in [-0.15, -0.1) is 0 Å². The number of allylic oxidation sites excluding steroid dienone is 1. The molecule has 1 aromatic carbocycles. The maximum atomic E-state index is 11.0. The molecule has 0 fully saturated rings. The van der Waals surface area contributed by atoms with Crippen LogP contribution in [0.4, 0.5) is 0 Å². The third kappa shape index (κ3) is 6.55. The van der Waals surface area contributed by atoms with E-state index in [1.54, 1.807) is 6.92 Å². The summed E-state index contributed by atoms with van der Waals surface area (Å²) in [5, 5.41) is 0. The van der Waals surface area contributed by atoms with Crippen molar-refractivity contribution >= 4 is 5.97 Å². The molecule has 0 unspecified atom stereocenters. The van der Waals surface area contributed by atoms with Gasteiger partial charge < -0.3 is 4.74 Å². The lowest BCUT2D eigenvalue weighted by Crippen LogP contribution is -1.98. The minimum atomic E-state index is -0.270. The number of benzene rings is 1. The Morgan fingerprint density at radius 2 is 2.11 bits per heavy atom. The molecule has 0 N–H and O–H groups in total. The van der Waals surface area contributed by atoms with Crippen molar-refractivity contribution in [2.75, 3.05) is 6.61 Å². The molecule has 1 aromatic rings. The van der Waals surface area contributed by atoms with Gasteiger partial charge in [-0.3, -0.25) is 0 Å². The average molecular weight is 242 g/mol. The van der Waals surface area contributed by atoms with E-state index in [1.807, 2.05) is 36.4 Å². The number of hydrogen-bond acceptors (Lipinski definition) is 2. The smallest absolute Gasteiger partial charge is 0.330 e. The fourth-order valence-corrected chi connectivity index (χ4v) is 1.36. The molecule has 0 saturated heterocycles. The first-order valence-electron chi connectivity index (χ1n) is 6.20. The van der Waals surface area contributed by atoms with Gasteiger partial charge in [0.2, 0.25) is 0 Å². The Labute approximate surface area is 109 Å². The third-order valence-corrected chi connectivity index (χ3v) is 2.22. The first-order chi connectivity index (χ1) is 8.83. The molecule has 2 heteroatoms. The molecule has 0 aliphatic heterocycles. The summed E-state index contributed by atoms with van der Waals surface area (Å²) in [6.45, 7) is 2.22. The van der Waals surface area contributed by atoms with E-state index in [9.17, 15) is 4.79 Å². The summed E-state index contributed by atoms with van der Waals surface area (Å²) in [5.74, 6) is 5.94. The van der Waals surface area contributed by atoms with Crippen LogP contribution in [0, 0.1) is 11.8 Å². The summed E-state index contributed by atoms with van der Waals surface area (Å²) in [7, 11) is 0. The fraction of sp³-hybridized carbons (Fsp3) is 0.312. The van der Waals surface area contributed by atoms with E-state index >= 15 is 0 Å². The lowest BCUT2D eigenvalue weighted by molar-refractivity contribution is -0.137. The molecule has 0 spiro atoms. The molecule has 1 rings (SSSR count). The highest BCUT2D eigenvalue weighted by Crippen LogP contribution is 1.98. The van der Waals surface area contributed by atoms with Crippen molar-refractivity contribution in [1.82, 2.24) is 0 Å². The maximum Gasteiger partial charge on any atom is 0.330 e. The fourth-order valence-electron chi connectivity index (χ4n) is 1.36. The Bertz CT molecular complexity index is 435. The molecule has 0 heterocycles. The Hall–Kier alpha value is -2.01. The van der Waals surface area contributed by atoms with Crippen molar-refractivity contribution in [3.8, 4) is 11.8 Å². The number of rotatable bonds is 5. The number of esters is 1. The second-order valence-corrected chi connectivity index (χ2v) is 3.71. The van der Waals surface area contributed by atoms with E-state index in [0.29, 0.717) is 6.61 Å². The molecule has 0 atom stereocenters. The summed E-state index contributed by atoms with van der Waals surface area (Å²) in [6, 6.07) is 9.92. The zero-order chi connectivity index (χ0) is 13.1. The predicted octanol–water partition coefficient (Wildman–Crippen LogP) is 3.33. The van der Waals surface area contributed by atoms with Crippen LogP contribution in [0.15, 0.2) is 42.5 Å². The van der Waals surface area contributed by atoms with Crippen LogP contribution in [0.2, 0.25) is 0 Å². The van der Waals surface area contributed by atoms with Crippen LogP contribution in [0.5, 0.6) is 0 Å².